The molecular formula is C16H23N5O2S2. The smallest absolute Gasteiger partial charge is 0.239 e. The maximum absolute atomic E-state index is 12.6. The number of nitrogens with zero attached hydrogens (tertiary/aromatic N) is 5. The number of rotatable bonds is 4. The van der Waals surface area contributed by atoms with Crippen molar-refractivity contribution in [1.29, 1.82) is 0 Å². The van der Waals surface area contributed by atoms with Crippen molar-refractivity contribution in [2.45, 2.75) is 39.7 Å². The number of hydrogen-bond donors (Lipinski definition) is 0. The highest BCUT2D eigenvalue weighted by Gasteiger charge is 2.38. The number of hydrogen-bond acceptors (Lipinski definition) is 6. The number of aryl methyl sites for hydroxylation is 3. The Bertz CT molecular complexity index is 872. The normalized spacial score (nSPS) is 19.0. The molecule has 0 unspecified atom stereocenters. The summed E-state index contributed by atoms with van der Waals surface area (Å²) in [4.78, 5) is 14.9. The molecule has 0 saturated carbocycles. The van der Waals surface area contributed by atoms with Crippen LogP contribution in [0.3, 0.4) is 0 Å². The van der Waals surface area contributed by atoms with Gasteiger partial charge in [-0.1, -0.05) is 0 Å². The Morgan fingerprint density at radius 1 is 1.20 bits per heavy atom. The van der Waals surface area contributed by atoms with Crippen molar-refractivity contribution in [1.82, 2.24) is 23.6 Å². The fourth-order valence-corrected chi connectivity index (χ4v) is 5.09. The summed E-state index contributed by atoms with van der Waals surface area (Å²) in [6.45, 7) is 6.41. The molecule has 0 N–H and O–H groups in total. The van der Waals surface area contributed by atoms with Gasteiger partial charge in [0.15, 0.2) is 0 Å². The van der Waals surface area contributed by atoms with E-state index in [9.17, 15) is 8.42 Å². The molecule has 3 rings (SSSR count). The monoisotopic (exact) mass is 381 g/mol. The van der Waals surface area contributed by atoms with Crippen molar-refractivity contribution in [3.05, 3.63) is 28.2 Å². The second-order valence-corrected chi connectivity index (χ2v) is 9.77. The van der Waals surface area contributed by atoms with Crippen LogP contribution in [0.5, 0.6) is 0 Å². The van der Waals surface area contributed by atoms with Gasteiger partial charge < -0.3 is 0 Å². The Labute approximate surface area is 152 Å². The molecule has 25 heavy (non-hydrogen) atoms. The third kappa shape index (κ3) is 3.46. The first-order chi connectivity index (χ1) is 11.7. The third-order valence-electron chi connectivity index (χ3n) is 4.38. The van der Waals surface area contributed by atoms with Crippen LogP contribution in [0, 0.1) is 20.8 Å². The van der Waals surface area contributed by atoms with Gasteiger partial charge in [0.1, 0.15) is 16.5 Å². The summed E-state index contributed by atoms with van der Waals surface area (Å²) in [6, 6.07) is 1.58. The third-order valence-corrected chi connectivity index (χ3v) is 7.43. The van der Waals surface area contributed by atoms with E-state index < -0.39 is 10.2 Å². The van der Waals surface area contributed by atoms with Gasteiger partial charge in [0.05, 0.1) is 11.7 Å². The molecule has 0 aliphatic carbocycles. The summed E-state index contributed by atoms with van der Waals surface area (Å²) < 4.78 is 27.9. The lowest BCUT2D eigenvalue weighted by atomic mass is 10.2. The summed E-state index contributed by atoms with van der Waals surface area (Å²) >= 11 is 1.60. The average Bonchev–Trinajstić information content (AvgIpc) is 3.14. The quantitative estimate of drug-likeness (QED) is 0.813. The highest BCUT2D eigenvalue weighted by Crippen LogP contribution is 2.34. The van der Waals surface area contributed by atoms with Gasteiger partial charge in [0.25, 0.3) is 10.2 Å². The Morgan fingerprint density at radius 2 is 1.92 bits per heavy atom. The van der Waals surface area contributed by atoms with Crippen LogP contribution in [0.2, 0.25) is 0 Å². The molecule has 2 aromatic rings. The Morgan fingerprint density at radius 3 is 2.52 bits per heavy atom. The highest BCUT2D eigenvalue weighted by atomic mass is 32.2. The molecule has 136 valence electrons. The molecule has 1 atom stereocenters. The zero-order chi connectivity index (χ0) is 18.4. The van der Waals surface area contributed by atoms with Crippen molar-refractivity contribution < 1.29 is 8.42 Å². The summed E-state index contributed by atoms with van der Waals surface area (Å²) in [5.41, 5.74) is 2.58. The van der Waals surface area contributed by atoms with Crippen molar-refractivity contribution >= 4 is 21.5 Å². The maximum atomic E-state index is 12.6. The Balaban J connectivity index is 2.03. The predicted molar refractivity (Wildman–Crippen MR) is 98.6 cm³/mol. The standard InChI is InChI=1S/C16H23N5O2S2/c1-10-9-13(16-18-11(2)12(3)24-16)19-15(17-10)14-7-6-8-21(14)25(22,23)20(4)5/h9,14H,6-8H2,1-5H3/t14-/m0/s1. The van der Waals surface area contributed by atoms with Gasteiger partial charge in [0, 0.05) is 31.2 Å². The van der Waals surface area contributed by atoms with E-state index in [1.54, 1.807) is 25.4 Å². The Kier molecular flexibility index (Phi) is 4.93. The first kappa shape index (κ1) is 18.4. The van der Waals surface area contributed by atoms with Gasteiger partial charge in [-0.2, -0.15) is 17.0 Å². The van der Waals surface area contributed by atoms with E-state index in [0.29, 0.717) is 12.4 Å². The summed E-state index contributed by atoms with van der Waals surface area (Å²) in [7, 11) is -0.393. The molecule has 0 aromatic carbocycles. The fraction of sp³-hybridized carbons (Fsp3) is 0.562. The first-order valence-corrected chi connectivity index (χ1v) is 10.4. The molecule has 2 aromatic heterocycles. The average molecular weight is 382 g/mol. The molecule has 0 spiro atoms. The van der Waals surface area contributed by atoms with Crippen LogP contribution in [0.25, 0.3) is 10.7 Å². The maximum Gasteiger partial charge on any atom is 0.282 e. The fourth-order valence-electron chi connectivity index (χ4n) is 2.92. The summed E-state index contributed by atoms with van der Waals surface area (Å²) in [5, 5.41) is 0.849. The number of aromatic nitrogens is 3. The zero-order valence-corrected chi connectivity index (χ0v) is 16.8. The molecule has 9 heteroatoms. The van der Waals surface area contributed by atoms with Gasteiger partial charge in [-0.25, -0.2) is 15.0 Å². The van der Waals surface area contributed by atoms with Crippen LogP contribution in [0.4, 0.5) is 0 Å². The molecule has 3 heterocycles. The van der Waals surface area contributed by atoms with E-state index in [0.717, 1.165) is 39.8 Å². The molecule has 1 aliphatic rings. The van der Waals surface area contributed by atoms with Gasteiger partial charge in [-0.05, 0) is 39.7 Å². The second kappa shape index (κ2) is 6.71. The van der Waals surface area contributed by atoms with Crippen molar-refractivity contribution in [2.75, 3.05) is 20.6 Å². The van der Waals surface area contributed by atoms with Gasteiger partial charge in [0.2, 0.25) is 0 Å². The van der Waals surface area contributed by atoms with E-state index in [-0.39, 0.29) is 6.04 Å². The van der Waals surface area contributed by atoms with Crippen LogP contribution in [-0.2, 0) is 10.2 Å². The van der Waals surface area contributed by atoms with Gasteiger partial charge >= 0.3 is 0 Å². The van der Waals surface area contributed by atoms with Crippen molar-refractivity contribution in [3.63, 3.8) is 0 Å². The van der Waals surface area contributed by atoms with Crippen LogP contribution >= 0.6 is 11.3 Å². The minimum Gasteiger partial charge on any atom is -0.239 e. The van der Waals surface area contributed by atoms with E-state index in [4.69, 9.17) is 0 Å². The second-order valence-electron chi connectivity index (χ2n) is 6.47. The lowest BCUT2D eigenvalue weighted by Gasteiger charge is -2.26. The first-order valence-electron chi connectivity index (χ1n) is 8.19. The van der Waals surface area contributed by atoms with Crippen LogP contribution in [0.15, 0.2) is 6.07 Å². The topological polar surface area (TPSA) is 79.3 Å². The molecule has 1 aliphatic heterocycles. The molecule has 1 fully saturated rings. The van der Waals surface area contributed by atoms with Gasteiger partial charge in [-0.15, -0.1) is 11.3 Å². The minimum absolute atomic E-state index is 0.326. The Hall–Kier alpha value is -1.42. The number of thiazole rings is 1. The predicted octanol–water partition coefficient (Wildman–Crippen LogP) is 2.47. The van der Waals surface area contributed by atoms with E-state index >= 15 is 0 Å². The van der Waals surface area contributed by atoms with E-state index in [1.165, 1.54) is 8.61 Å². The van der Waals surface area contributed by atoms with E-state index in [1.807, 2.05) is 26.8 Å². The molecule has 1 saturated heterocycles. The van der Waals surface area contributed by atoms with Crippen LogP contribution in [-0.4, -0.2) is 52.6 Å². The van der Waals surface area contributed by atoms with Crippen molar-refractivity contribution in [3.8, 4) is 10.7 Å². The molecule has 0 amide bonds. The summed E-state index contributed by atoms with van der Waals surface area (Å²) in [6.07, 6.45) is 1.53. The van der Waals surface area contributed by atoms with Gasteiger partial charge in [-0.3, -0.25) is 0 Å². The van der Waals surface area contributed by atoms with Crippen LogP contribution in [0.1, 0.15) is 41.0 Å². The van der Waals surface area contributed by atoms with Crippen LogP contribution < -0.4 is 0 Å². The highest BCUT2D eigenvalue weighted by molar-refractivity contribution is 7.86. The summed E-state index contributed by atoms with van der Waals surface area (Å²) in [5.74, 6) is 0.559. The lowest BCUT2D eigenvalue weighted by Crippen LogP contribution is -2.40. The minimum atomic E-state index is -3.49. The largest absolute Gasteiger partial charge is 0.282 e. The SMILES string of the molecule is Cc1cc(-c2nc(C)c(C)s2)nc([C@@H]2CCCN2S(=O)(=O)N(C)C)n1. The molecule has 7 nitrogen and oxygen atoms in total. The molecular weight excluding hydrogens is 358 g/mol. The molecule has 0 radical (unpaired) electrons. The molecule has 0 bridgehead atoms. The van der Waals surface area contributed by atoms with Crippen molar-refractivity contribution in [2.24, 2.45) is 0 Å². The van der Waals surface area contributed by atoms with E-state index in [2.05, 4.69) is 15.0 Å². The lowest BCUT2D eigenvalue weighted by molar-refractivity contribution is 0.352. The zero-order valence-electron chi connectivity index (χ0n) is 15.1.